The topological polar surface area (TPSA) is 38.7 Å². The average Bonchev–Trinajstić information content (AvgIpc) is 3.84. The van der Waals surface area contributed by atoms with Crippen molar-refractivity contribution in [3.05, 3.63) is 210 Å². The van der Waals surface area contributed by atoms with Crippen molar-refractivity contribution in [1.29, 1.82) is 0 Å². The Balaban J connectivity index is 1.23. The molecule has 10 aromatic rings. The fourth-order valence-corrected chi connectivity index (χ4v) is 10.3. The van der Waals surface area contributed by atoms with Crippen LogP contribution >= 0.6 is 11.3 Å². The molecule has 8 aromatic carbocycles. The predicted octanol–water partition coefficient (Wildman–Crippen LogP) is 13.6. The lowest BCUT2D eigenvalue weighted by Crippen LogP contribution is -2.29. The van der Waals surface area contributed by atoms with Crippen molar-refractivity contribution in [1.82, 2.24) is 15.0 Å². The highest BCUT2D eigenvalue weighted by molar-refractivity contribution is 7.26. The van der Waals surface area contributed by atoms with Gasteiger partial charge in [0.25, 0.3) is 0 Å². The smallest absolute Gasteiger partial charge is 0.164 e. The normalized spacial score (nSPS) is 17.0. The van der Waals surface area contributed by atoms with E-state index in [0.29, 0.717) is 5.56 Å². The zero-order valence-corrected chi connectivity index (χ0v) is 31.2. The molecule has 0 amide bonds. The Labute approximate surface area is 347 Å². The van der Waals surface area contributed by atoms with E-state index in [2.05, 4.69) is 120 Å². The van der Waals surface area contributed by atoms with Gasteiger partial charge in [0.1, 0.15) is 0 Å². The van der Waals surface area contributed by atoms with Crippen molar-refractivity contribution in [2.24, 2.45) is 0 Å². The molecular weight excluding hydrogens is 711 g/mol. The van der Waals surface area contributed by atoms with Crippen LogP contribution in [0.25, 0.3) is 87.7 Å². The van der Waals surface area contributed by atoms with E-state index < -0.39 is 47.7 Å². The van der Waals surface area contributed by atoms with Crippen molar-refractivity contribution >= 4 is 31.5 Å². The first-order valence-corrected chi connectivity index (χ1v) is 19.5. The summed E-state index contributed by atoms with van der Waals surface area (Å²) in [7, 11) is 0. The second-order valence-electron chi connectivity index (χ2n) is 14.4. The number of fused-ring (bicyclic) bond motifs is 16. The van der Waals surface area contributed by atoms with E-state index in [-0.39, 0.29) is 46.2 Å². The Morgan fingerprint density at radius 3 is 1.88 bits per heavy atom. The van der Waals surface area contributed by atoms with Gasteiger partial charge in [-0.05, 0) is 86.8 Å². The van der Waals surface area contributed by atoms with Gasteiger partial charge in [0, 0.05) is 36.9 Å². The Morgan fingerprint density at radius 1 is 0.474 bits per heavy atom. The minimum atomic E-state index is -0.903. The third-order valence-corrected chi connectivity index (χ3v) is 12.5. The van der Waals surface area contributed by atoms with Gasteiger partial charge in [-0.1, -0.05) is 163 Å². The molecule has 0 bridgehead atoms. The minimum absolute atomic E-state index is 0.0642. The largest absolute Gasteiger partial charge is 0.208 e. The van der Waals surface area contributed by atoms with Crippen LogP contribution in [-0.2, 0) is 5.41 Å². The van der Waals surface area contributed by atoms with Gasteiger partial charge in [-0.15, -0.1) is 11.3 Å². The monoisotopic (exact) mass is 752 g/mol. The standard InChI is InChI=1S/C53H33N3S/c1-32-14-13-17-34(30-32)51-54-50(33-15-3-2-4-16-33)55-52(56-51)35-26-27-39-37-19-6-5-18-36(37)38-20-7-10-23-42(38)53(45(39)31-35)43-24-11-8-21-40(43)48-44(53)28-29-47-49(48)41-22-9-12-25-46(41)57-47/h2-31H,1H3/i2D,3D,4D,13D,14D,15D,16D,17D,30D. The van der Waals surface area contributed by atoms with Crippen molar-refractivity contribution in [2.75, 3.05) is 0 Å². The van der Waals surface area contributed by atoms with Crippen LogP contribution in [0.15, 0.2) is 182 Å². The second-order valence-corrected chi connectivity index (χ2v) is 15.5. The van der Waals surface area contributed by atoms with Gasteiger partial charge in [-0.25, -0.2) is 15.0 Å². The van der Waals surface area contributed by atoms with E-state index in [4.69, 9.17) is 22.3 Å². The molecule has 12 rings (SSSR count). The van der Waals surface area contributed by atoms with Crippen LogP contribution in [0.1, 0.15) is 40.2 Å². The number of benzene rings is 8. The van der Waals surface area contributed by atoms with Gasteiger partial charge in [0.2, 0.25) is 0 Å². The summed E-state index contributed by atoms with van der Waals surface area (Å²) in [5.74, 6) is -0.389. The highest BCUT2D eigenvalue weighted by atomic mass is 32.1. The average molecular weight is 753 g/mol. The van der Waals surface area contributed by atoms with Crippen LogP contribution in [0.3, 0.4) is 0 Å². The van der Waals surface area contributed by atoms with Gasteiger partial charge in [0.05, 0.1) is 17.8 Å². The summed E-state index contributed by atoms with van der Waals surface area (Å²) >= 11 is 1.78. The molecule has 2 aliphatic rings. The number of hydrogen-bond donors (Lipinski definition) is 0. The summed E-state index contributed by atoms with van der Waals surface area (Å²) in [6.45, 7) is 1.52. The molecule has 266 valence electrons. The molecule has 0 aliphatic heterocycles. The summed E-state index contributed by atoms with van der Waals surface area (Å²) in [6, 6.07) is 40.5. The molecule has 2 heterocycles. The summed E-state index contributed by atoms with van der Waals surface area (Å²) in [5.41, 5.74) is 10.0. The van der Waals surface area contributed by atoms with E-state index >= 15 is 0 Å². The van der Waals surface area contributed by atoms with E-state index in [1.54, 1.807) is 11.3 Å². The lowest BCUT2D eigenvalue weighted by Gasteiger charge is -2.35. The Morgan fingerprint density at radius 2 is 1.09 bits per heavy atom. The van der Waals surface area contributed by atoms with Gasteiger partial charge < -0.3 is 0 Å². The molecule has 57 heavy (non-hydrogen) atoms. The Hall–Kier alpha value is -7.01. The van der Waals surface area contributed by atoms with Crippen molar-refractivity contribution in [3.8, 4) is 67.5 Å². The fraction of sp³-hybridized carbons (Fsp3) is 0.0377. The highest BCUT2D eigenvalue weighted by Crippen LogP contribution is 2.63. The molecular formula is C53H33N3S. The summed E-state index contributed by atoms with van der Waals surface area (Å²) < 4.78 is 80.8. The minimum Gasteiger partial charge on any atom is -0.208 e. The Bertz CT molecular complexity index is 3660. The molecule has 2 aliphatic carbocycles. The van der Waals surface area contributed by atoms with Crippen LogP contribution in [0, 0.1) is 6.92 Å². The van der Waals surface area contributed by atoms with E-state index in [1.165, 1.54) is 27.1 Å². The number of nitrogens with zero attached hydrogens (tertiary/aromatic N) is 3. The maximum absolute atomic E-state index is 9.09. The van der Waals surface area contributed by atoms with Crippen molar-refractivity contribution < 1.29 is 12.3 Å². The molecule has 1 unspecified atom stereocenters. The van der Waals surface area contributed by atoms with Crippen molar-refractivity contribution in [3.63, 3.8) is 0 Å². The van der Waals surface area contributed by atoms with Gasteiger partial charge in [-0.2, -0.15) is 0 Å². The quantitative estimate of drug-likeness (QED) is 0.180. The number of hydrogen-bond acceptors (Lipinski definition) is 4. The molecule has 3 nitrogen and oxygen atoms in total. The first-order valence-electron chi connectivity index (χ1n) is 23.2. The first-order chi connectivity index (χ1) is 31.9. The highest BCUT2D eigenvalue weighted by Gasteiger charge is 2.50. The molecule has 1 atom stereocenters. The van der Waals surface area contributed by atoms with Gasteiger partial charge in [-0.3, -0.25) is 0 Å². The molecule has 0 fully saturated rings. The summed E-state index contributed by atoms with van der Waals surface area (Å²) in [5, 5.41) is 2.38. The molecule has 1 spiro atoms. The van der Waals surface area contributed by atoms with E-state index in [0.717, 1.165) is 55.6 Å². The zero-order chi connectivity index (χ0) is 45.5. The molecule has 0 saturated carbocycles. The van der Waals surface area contributed by atoms with Gasteiger partial charge >= 0.3 is 0 Å². The maximum Gasteiger partial charge on any atom is 0.164 e. The molecule has 0 radical (unpaired) electrons. The third-order valence-electron chi connectivity index (χ3n) is 11.4. The number of rotatable bonds is 3. The van der Waals surface area contributed by atoms with Crippen LogP contribution < -0.4 is 0 Å². The lowest BCUT2D eigenvalue weighted by molar-refractivity contribution is 0.776. The molecule has 0 saturated heterocycles. The van der Waals surface area contributed by atoms with Crippen LogP contribution in [0.5, 0.6) is 0 Å². The predicted molar refractivity (Wildman–Crippen MR) is 235 cm³/mol. The SMILES string of the molecule is [2H]c1c([2H])c([2H])c(-c2nc(-c3ccc4c(c3)C3(c5ccccc5-c5ccccc5-4)c4ccccc4-c4c3ccc3sc5ccccc5c43)nc(-c3c([2H])c([2H])c([2H])c(C)c3[2H])n2)c([2H])c1[2H]. The van der Waals surface area contributed by atoms with Crippen molar-refractivity contribution in [2.45, 2.75) is 12.3 Å². The molecule has 2 aromatic heterocycles. The second kappa shape index (κ2) is 12.2. The maximum atomic E-state index is 9.09. The van der Waals surface area contributed by atoms with E-state index in [1.807, 2.05) is 12.1 Å². The van der Waals surface area contributed by atoms with Crippen LogP contribution in [0.4, 0.5) is 0 Å². The van der Waals surface area contributed by atoms with Gasteiger partial charge in [0.15, 0.2) is 17.5 Å². The third kappa shape index (κ3) is 4.62. The Kier molecular flexibility index (Phi) is 5.26. The first kappa shape index (κ1) is 24.5. The molecule has 0 N–H and O–H groups in total. The molecule has 4 heteroatoms. The van der Waals surface area contributed by atoms with Crippen LogP contribution in [-0.4, -0.2) is 15.0 Å². The zero-order valence-electron chi connectivity index (χ0n) is 39.4. The fourth-order valence-electron chi connectivity index (χ4n) is 9.17. The number of thiophene rings is 1. The van der Waals surface area contributed by atoms with Crippen LogP contribution in [0.2, 0.25) is 0 Å². The van der Waals surface area contributed by atoms with E-state index in [9.17, 15) is 0 Å². The summed E-state index contributed by atoms with van der Waals surface area (Å²) in [6.07, 6.45) is 0. The number of aromatic nitrogens is 3. The summed E-state index contributed by atoms with van der Waals surface area (Å²) in [4.78, 5) is 14.5. The lowest BCUT2D eigenvalue weighted by atomic mass is 9.65.